The largest absolute Gasteiger partial charge is 0.497 e. The molecular weight excluding hydrogens is 368 g/mol. The normalized spacial score (nSPS) is 18.4. The molecular formula is C22H31N4O3+. The number of benzene rings is 1. The third kappa shape index (κ3) is 4.71. The Balaban J connectivity index is 1.48. The number of rotatable bonds is 6. The summed E-state index contributed by atoms with van der Waals surface area (Å²) in [5, 5.41) is 9.52. The third-order valence-corrected chi connectivity index (χ3v) is 6.18. The Labute approximate surface area is 172 Å². The van der Waals surface area contributed by atoms with Gasteiger partial charge in [-0.3, -0.25) is 14.6 Å². The summed E-state index contributed by atoms with van der Waals surface area (Å²) in [7, 11) is 1.60. The van der Waals surface area contributed by atoms with Crippen LogP contribution in [-0.4, -0.2) is 30.4 Å². The highest BCUT2D eigenvalue weighted by Gasteiger charge is 2.37. The Morgan fingerprint density at radius 1 is 1.03 bits per heavy atom. The average molecular weight is 400 g/mol. The van der Waals surface area contributed by atoms with Gasteiger partial charge in [0.15, 0.2) is 0 Å². The number of carbonyl (C=O) groups is 1. The van der Waals surface area contributed by atoms with Gasteiger partial charge in [-0.2, -0.15) is 0 Å². The summed E-state index contributed by atoms with van der Waals surface area (Å²) >= 11 is 0. The Morgan fingerprint density at radius 2 is 1.62 bits per heavy atom. The molecule has 0 bridgehead atoms. The van der Waals surface area contributed by atoms with E-state index in [9.17, 15) is 4.79 Å². The van der Waals surface area contributed by atoms with E-state index >= 15 is 0 Å². The van der Waals surface area contributed by atoms with Gasteiger partial charge in [0.25, 0.3) is 12.1 Å². The Hall–Kier alpha value is -2.57. The van der Waals surface area contributed by atoms with Gasteiger partial charge in [0.2, 0.25) is 5.27 Å². The predicted molar refractivity (Wildman–Crippen MR) is 110 cm³/mol. The van der Waals surface area contributed by atoms with Crippen LogP contribution in [0.3, 0.4) is 0 Å². The zero-order chi connectivity index (χ0) is 20.1. The summed E-state index contributed by atoms with van der Waals surface area (Å²) in [6.07, 6.45) is 14.3. The molecule has 2 fully saturated rings. The van der Waals surface area contributed by atoms with Crippen LogP contribution in [0.5, 0.6) is 5.75 Å². The lowest BCUT2D eigenvalue weighted by molar-refractivity contribution is -0.766. The van der Waals surface area contributed by atoms with E-state index in [4.69, 9.17) is 9.26 Å². The van der Waals surface area contributed by atoms with Crippen molar-refractivity contribution in [3.8, 4) is 5.75 Å². The van der Waals surface area contributed by atoms with Gasteiger partial charge in [-0.25, -0.2) is 0 Å². The Morgan fingerprint density at radius 3 is 2.17 bits per heavy atom. The molecule has 1 N–H and O–H groups in total. The minimum absolute atomic E-state index is 0.224. The van der Waals surface area contributed by atoms with Crippen molar-refractivity contribution < 1.29 is 18.8 Å². The van der Waals surface area contributed by atoms with Crippen LogP contribution >= 0.6 is 0 Å². The fourth-order valence-corrected chi connectivity index (χ4v) is 4.65. The number of methoxy groups -OCH3 is 1. The third-order valence-electron chi connectivity index (χ3n) is 6.18. The molecule has 1 heterocycles. The molecule has 2 aliphatic carbocycles. The maximum absolute atomic E-state index is 12.5. The van der Waals surface area contributed by atoms with Crippen molar-refractivity contribution in [2.45, 2.75) is 76.3 Å². The number of aromatic nitrogens is 2. The number of hydrogen-bond donors (Lipinski definition) is 1. The van der Waals surface area contributed by atoms with Crippen LogP contribution in [0, 0.1) is 0 Å². The van der Waals surface area contributed by atoms with Crippen molar-refractivity contribution in [3.63, 3.8) is 0 Å². The molecule has 0 saturated heterocycles. The van der Waals surface area contributed by atoms with Crippen molar-refractivity contribution in [1.29, 1.82) is 0 Å². The first-order chi connectivity index (χ1) is 14.2. The van der Waals surface area contributed by atoms with E-state index in [1.165, 1.54) is 64.2 Å². The van der Waals surface area contributed by atoms with Crippen molar-refractivity contribution in [3.05, 3.63) is 36.0 Å². The molecule has 0 aliphatic heterocycles. The fourth-order valence-electron chi connectivity index (χ4n) is 4.65. The topological polar surface area (TPSA) is 71.5 Å². The number of amides is 1. The molecule has 1 aromatic carbocycles. The first-order valence-corrected chi connectivity index (χ1v) is 10.9. The van der Waals surface area contributed by atoms with Crippen molar-refractivity contribution in [1.82, 2.24) is 5.27 Å². The molecule has 0 spiro atoms. The smallest absolute Gasteiger partial charge is 0.306 e. The number of ether oxygens (including phenoxy) is 1. The first-order valence-electron chi connectivity index (χ1n) is 10.9. The van der Waals surface area contributed by atoms with Gasteiger partial charge >= 0.3 is 5.88 Å². The summed E-state index contributed by atoms with van der Waals surface area (Å²) in [5.74, 6) is 0.856. The molecule has 0 unspecified atom stereocenters. The van der Waals surface area contributed by atoms with Crippen molar-refractivity contribution in [2.75, 3.05) is 17.4 Å². The summed E-state index contributed by atoms with van der Waals surface area (Å²) in [6, 6.07) is 7.98. The summed E-state index contributed by atoms with van der Waals surface area (Å²) in [4.78, 5) is 14.4. The van der Waals surface area contributed by atoms with Gasteiger partial charge in [0.1, 0.15) is 5.75 Å². The van der Waals surface area contributed by atoms with Crippen LogP contribution in [-0.2, 0) is 0 Å². The number of anilines is 1. The van der Waals surface area contributed by atoms with E-state index in [-0.39, 0.29) is 5.91 Å². The lowest BCUT2D eigenvalue weighted by Gasteiger charge is -2.35. The van der Waals surface area contributed by atoms with Crippen LogP contribution in [0.4, 0.5) is 5.88 Å². The lowest BCUT2D eigenvalue weighted by atomic mass is 9.90. The molecule has 1 amide bonds. The molecule has 4 rings (SSSR count). The summed E-state index contributed by atoms with van der Waals surface area (Å²) in [6.45, 7) is 0. The highest BCUT2D eigenvalue weighted by atomic mass is 16.5. The molecule has 2 aromatic rings. The maximum atomic E-state index is 12.5. The van der Waals surface area contributed by atoms with Gasteiger partial charge in [0, 0.05) is 5.56 Å². The Bertz CT molecular complexity index is 775. The molecule has 7 heteroatoms. The van der Waals surface area contributed by atoms with E-state index in [0.717, 1.165) is 5.75 Å². The quantitative estimate of drug-likeness (QED) is 0.748. The standard InChI is InChI=1S/C22H30N4O3/c1-28-20-14-12-17(13-15-20)22(27)23-21-16-25(24-29-21)26(18-8-4-2-5-9-18)19-10-6-3-7-11-19/h12-16,18-19H,2-11H2,1H3/p+1. The molecule has 2 aliphatic rings. The summed E-state index contributed by atoms with van der Waals surface area (Å²) in [5.41, 5.74) is 0.546. The van der Waals surface area contributed by atoms with Crippen molar-refractivity contribution >= 4 is 11.8 Å². The molecule has 0 atom stereocenters. The van der Waals surface area contributed by atoms with Gasteiger partial charge in [-0.15, -0.1) is 5.01 Å². The highest BCUT2D eigenvalue weighted by molar-refractivity contribution is 6.03. The number of hydrogen-bond acceptors (Lipinski definition) is 5. The second-order valence-corrected chi connectivity index (χ2v) is 8.13. The second kappa shape index (κ2) is 9.29. The van der Waals surface area contributed by atoms with E-state index in [1.54, 1.807) is 31.4 Å². The Kier molecular flexibility index (Phi) is 6.32. The van der Waals surface area contributed by atoms with Gasteiger partial charge < -0.3 is 4.74 Å². The molecule has 1 aromatic heterocycles. The average Bonchev–Trinajstić information content (AvgIpc) is 3.23. The van der Waals surface area contributed by atoms with E-state index in [2.05, 4.69) is 15.6 Å². The highest BCUT2D eigenvalue weighted by Crippen LogP contribution is 2.27. The van der Waals surface area contributed by atoms with Crippen LogP contribution in [0.2, 0.25) is 0 Å². The molecule has 29 heavy (non-hydrogen) atoms. The zero-order valence-corrected chi connectivity index (χ0v) is 17.2. The van der Waals surface area contributed by atoms with Gasteiger partial charge in [-0.1, -0.05) is 38.5 Å². The van der Waals surface area contributed by atoms with Crippen LogP contribution < -0.4 is 19.9 Å². The van der Waals surface area contributed by atoms with Crippen LogP contribution in [0.1, 0.15) is 74.6 Å². The van der Waals surface area contributed by atoms with Crippen molar-refractivity contribution in [2.24, 2.45) is 0 Å². The van der Waals surface area contributed by atoms with Gasteiger partial charge in [-0.05, 0) is 49.9 Å². The number of nitrogens with one attached hydrogen (secondary N) is 1. The van der Waals surface area contributed by atoms with E-state index in [1.807, 2.05) is 11.0 Å². The minimum atomic E-state index is -0.224. The second-order valence-electron chi connectivity index (χ2n) is 8.13. The molecule has 0 radical (unpaired) electrons. The van der Waals surface area contributed by atoms with E-state index < -0.39 is 0 Å². The molecule has 2 saturated carbocycles. The van der Waals surface area contributed by atoms with E-state index in [0.29, 0.717) is 23.5 Å². The van der Waals surface area contributed by atoms with Crippen LogP contribution in [0.15, 0.2) is 35.0 Å². The number of carbonyl (C=O) groups excluding carboxylic acids is 1. The zero-order valence-electron chi connectivity index (χ0n) is 17.2. The monoisotopic (exact) mass is 399 g/mol. The van der Waals surface area contributed by atoms with Crippen LogP contribution in [0.25, 0.3) is 0 Å². The maximum Gasteiger partial charge on any atom is 0.306 e. The summed E-state index contributed by atoms with van der Waals surface area (Å²) < 4.78 is 10.6. The van der Waals surface area contributed by atoms with Gasteiger partial charge in [0.05, 0.1) is 24.0 Å². The lowest BCUT2D eigenvalue weighted by Crippen LogP contribution is -2.68. The minimum Gasteiger partial charge on any atom is -0.497 e. The fraction of sp³-hybridized carbons (Fsp3) is 0.591. The molecule has 156 valence electrons. The predicted octanol–water partition coefficient (Wildman–Crippen LogP) is 3.83. The molecule has 7 nitrogen and oxygen atoms in total. The number of nitrogens with zero attached hydrogens (tertiary/aromatic N) is 3. The first kappa shape index (κ1) is 19.7. The SMILES string of the molecule is COc1ccc(C(=O)Nc2c[n+](N(C3CCCCC3)C3CCCCC3)no2)cc1.